The number of aliphatic hydroxyl groups is 1. The van der Waals surface area contributed by atoms with Crippen LogP contribution >= 0.6 is 0 Å². The zero-order valence-corrected chi connectivity index (χ0v) is 13.0. The molecule has 1 aliphatic carbocycles. The molecule has 1 aromatic carbocycles. The van der Waals surface area contributed by atoms with E-state index in [0.29, 0.717) is 12.2 Å². The normalized spacial score (nSPS) is 17.2. The number of ketones is 1. The first kappa shape index (κ1) is 18.7. The van der Waals surface area contributed by atoms with Crippen molar-refractivity contribution >= 4 is 17.4 Å². The third kappa shape index (κ3) is 5.75. The third-order valence-electron chi connectivity index (χ3n) is 3.33. The van der Waals surface area contributed by atoms with Crippen LogP contribution in [0.1, 0.15) is 18.4 Å². The lowest BCUT2D eigenvalue weighted by Crippen LogP contribution is -2.19. The second-order valence-electron chi connectivity index (χ2n) is 5.33. The Kier molecular flexibility index (Phi) is 5.97. The Morgan fingerprint density at radius 3 is 2.52 bits per heavy atom. The highest BCUT2D eigenvalue weighted by molar-refractivity contribution is 5.96. The molecule has 0 aromatic heterocycles. The fourth-order valence-electron chi connectivity index (χ4n) is 2.03. The average molecular weight is 355 g/mol. The summed E-state index contributed by atoms with van der Waals surface area (Å²) < 4.78 is 42.6. The number of benzene rings is 1. The molecule has 0 aliphatic heterocycles. The number of aliphatic hydroxyl groups excluding tert-OH is 1. The van der Waals surface area contributed by atoms with E-state index in [1.807, 2.05) is 0 Å². The van der Waals surface area contributed by atoms with E-state index in [9.17, 15) is 27.9 Å². The van der Waals surface area contributed by atoms with Crippen molar-refractivity contribution < 1.29 is 32.6 Å². The standard InChI is InChI=1S/C17H16F3NO4/c18-17(19,20)11-3-5-12(6-4-11)21-16(24)2-1-9-25-13-7-8-14(22)15(23)10-13/h3-8,10,14,22H,1-2,9H2,(H,21,24). The van der Waals surface area contributed by atoms with E-state index in [0.717, 1.165) is 12.1 Å². The lowest BCUT2D eigenvalue weighted by molar-refractivity contribution is -0.137. The Hall–Kier alpha value is -2.61. The number of carbonyl (C=O) groups excluding carboxylic acids is 2. The Labute approximate surface area is 141 Å². The fraction of sp³-hybridized carbons (Fsp3) is 0.294. The summed E-state index contributed by atoms with van der Waals surface area (Å²) in [6, 6.07) is 4.16. The van der Waals surface area contributed by atoms with Crippen LogP contribution in [0.4, 0.5) is 18.9 Å². The average Bonchev–Trinajstić information content (AvgIpc) is 2.54. The minimum Gasteiger partial charge on any atom is -0.493 e. The second kappa shape index (κ2) is 7.98. The van der Waals surface area contributed by atoms with E-state index in [2.05, 4.69) is 5.32 Å². The SMILES string of the molecule is O=C(CCCOC1=CC(=O)C(O)C=C1)Nc1ccc(C(F)(F)F)cc1. The quantitative estimate of drug-likeness (QED) is 0.770. The van der Waals surface area contributed by atoms with Crippen molar-refractivity contribution in [3.63, 3.8) is 0 Å². The van der Waals surface area contributed by atoms with Crippen molar-refractivity contribution in [2.75, 3.05) is 11.9 Å². The Balaban J connectivity index is 1.72. The summed E-state index contributed by atoms with van der Waals surface area (Å²) in [6.45, 7) is 0.181. The van der Waals surface area contributed by atoms with Gasteiger partial charge in [0.2, 0.25) is 5.91 Å². The predicted octanol–water partition coefficient (Wildman–Crippen LogP) is 2.82. The number of nitrogens with one attached hydrogen (secondary N) is 1. The van der Waals surface area contributed by atoms with Gasteiger partial charge >= 0.3 is 6.18 Å². The number of allylic oxidation sites excluding steroid dienone is 1. The van der Waals surface area contributed by atoms with Crippen LogP contribution in [-0.2, 0) is 20.5 Å². The van der Waals surface area contributed by atoms with Gasteiger partial charge in [0.15, 0.2) is 5.78 Å². The van der Waals surface area contributed by atoms with Crippen LogP contribution < -0.4 is 5.32 Å². The van der Waals surface area contributed by atoms with Crippen LogP contribution in [0.5, 0.6) is 0 Å². The zero-order valence-electron chi connectivity index (χ0n) is 13.0. The summed E-state index contributed by atoms with van der Waals surface area (Å²) in [7, 11) is 0. The van der Waals surface area contributed by atoms with Crippen molar-refractivity contribution in [2.45, 2.75) is 25.1 Å². The van der Waals surface area contributed by atoms with E-state index in [-0.39, 0.29) is 24.6 Å². The van der Waals surface area contributed by atoms with Gasteiger partial charge in [0.25, 0.3) is 0 Å². The Bertz CT molecular complexity index is 693. The highest BCUT2D eigenvalue weighted by atomic mass is 19.4. The lowest BCUT2D eigenvalue weighted by atomic mass is 10.1. The van der Waals surface area contributed by atoms with Gasteiger partial charge in [0.1, 0.15) is 11.9 Å². The maximum Gasteiger partial charge on any atom is 0.416 e. The molecule has 0 radical (unpaired) electrons. The Morgan fingerprint density at radius 1 is 1.24 bits per heavy atom. The molecule has 2 rings (SSSR count). The zero-order chi connectivity index (χ0) is 18.4. The second-order valence-corrected chi connectivity index (χ2v) is 5.33. The van der Waals surface area contributed by atoms with Crippen LogP contribution in [0, 0.1) is 0 Å². The molecule has 2 N–H and O–H groups in total. The molecule has 0 saturated carbocycles. The van der Waals surface area contributed by atoms with Crippen LogP contribution in [0.25, 0.3) is 0 Å². The molecule has 0 heterocycles. The molecule has 5 nitrogen and oxygen atoms in total. The number of hydrogen-bond donors (Lipinski definition) is 2. The molecule has 8 heteroatoms. The van der Waals surface area contributed by atoms with Crippen LogP contribution in [0.2, 0.25) is 0 Å². The molecule has 1 aromatic rings. The van der Waals surface area contributed by atoms with Gasteiger partial charge in [-0.15, -0.1) is 0 Å². The molecule has 1 amide bonds. The largest absolute Gasteiger partial charge is 0.493 e. The molecule has 0 bridgehead atoms. The van der Waals surface area contributed by atoms with Crippen molar-refractivity contribution in [1.29, 1.82) is 0 Å². The minimum atomic E-state index is -4.42. The van der Waals surface area contributed by atoms with E-state index >= 15 is 0 Å². The highest BCUT2D eigenvalue weighted by Gasteiger charge is 2.29. The summed E-state index contributed by atoms with van der Waals surface area (Å²) >= 11 is 0. The monoisotopic (exact) mass is 355 g/mol. The maximum absolute atomic E-state index is 12.4. The molecular weight excluding hydrogens is 339 g/mol. The van der Waals surface area contributed by atoms with Crippen LogP contribution in [-0.4, -0.2) is 29.5 Å². The number of carbonyl (C=O) groups is 2. The number of alkyl halides is 3. The number of halogens is 3. The van der Waals surface area contributed by atoms with Gasteiger partial charge in [-0.1, -0.05) is 0 Å². The topological polar surface area (TPSA) is 75.6 Å². The molecule has 0 fully saturated rings. The summed E-state index contributed by atoms with van der Waals surface area (Å²) in [5.41, 5.74) is -0.510. The summed E-state index contributed by atoms with van der Waals surface area (Å²) in [6.07, 6.45) is -1.17. The maximum atomic E-state index is 12.4. The fourth-order valence-corrected chi connectivity index (χ4v) is 2.03. The van der Waals surface area contributed by atoms with Crippen molar-refractivity contribution in [1.82, 2.24) is 0 Å². The highest BCUT2D eigenvalue weighted by Crippen LogP contribution is 2.29. The van der Waals surface area contributed by atoms with Gasteiger partial charge in [-0.3, -0.25) is 9.59 Å². The third-order valence-corrected chi connectivity index (χ3v) is 3.33. The molecular formula is C17H16F3NO4. The van der Waals surface area contributed by atoms with Crippen molar-refractivity contribution in [2.24, 2.45) is 0 Å². The number of amides is 1. The molecule has 25 heavy (non-hydrogen) atoms. The molecule has 0 spiro atoms. The van der Waals surface area contributed by atoms with E-state index in [1.54, 1.807) is 0 Å². The summed E-state index contributed by atoms with van der Waals surface area (Å²) in [5.74, 6) is -0.529. The summed E-state index contributed by atoms with van der Waals surface area (Å²) in [5, 5.41) is 11.7. The van der Waals surface area contributed by atoms with Gasteiger partial charge in [0.05, 0.1) is 12.2 Å². The van der Waals surface area contributed by atoms with E-state index in [1.165, 1.54) is 30.4 Å². The molecule has 134 valence electrons. The first-order chi connectivity index (χ1) is 11.8. The summed E-state index contributed by atoms with van der Waals surface area (Å²) in [4.78, 5) is 23.0. The lowest BCUT2D eigenvalue weighted by Gasteiger charge is -2.12. The molecule has 1 atom stereocenters. The van der Waals surface area contributed by atoms with Gasteiger partial charge in [0, 0.05) is 18.2 Å². The first-order valence-electron chi connectivity index (χ1n) is 7.47. The van der Waals surface area contributed by atoms with E-state index < -0.39 is 23.6 Å². The Morgan fingerprint density at radius 2 is 1.92 bits per heavy atom. The molecule has 1 aliphatic rings. The number of rotatable bonds is 6. The molecule has 0 saturated heterocycles. The van der Waals surface area contributed by atoms with Crippen molar-refractivity contribution in [3.8, 4) is 0 Å². The smallest absolute Gasteiger partial charge is 0.416 e. The van der Waals surface area contributed by atoms with E-state index in [4.69, 9.17) is 4.74 Å². The van der Waals surface area contributed by atoms with Crippen LogP contribution in [0.3, 0.4) is 0 Å². The first-order valence-corrected chi connectivity index (χ1v) is 7.47. The van der Waals surface area contributed by atoms with Gasteiger partial charge < -0.3 is 15.2 Å². The number of anilines is 1. The van der Waals surface area contributed by atoms with Gasteiger partial charge in [-0.25, -0.2) is 0 Å². The van der Waals surface area contributed by atoms with Crippen molar-refractivity contribution in [3.05, 3.63) is 53.8 Å². The number of hydrogen-bond acceptors (Lipinski definition) is 4. The van der Waals surface area contributed by atoms with Gasteiger partial charge in [-0.05, 0) is 42.8 Å². The number of ether oxygens (including phenoxy) is 1. The minimum absolute atomic E-state index is 0.106. The van der Waals surface area contributed by atoms with Gasteiger partial charge in [-0.2, -0.15) is 13.2 Å². The predicted molar refractivity (Wildman–Crippen MR) is 83.5 cm³/mol. The van der Waals surface area contributed by atoms with Crippen LogP contribution in [0.15, 0.2) is 48.3 Å². The molecule has 1 unspecified atom stereocenters.